The van der Waals surface area contributed by atoms with Crippen molar-refractivity contribution in [3.63, 3.8) is 0 Å². The normalized spacial score (nSPS) is 10.2. The Morgan fingerprint density at radius 3 is 2.75 bits per heavy atom. The Morgan fingerprint density at radius 1 is 1.19 bits per heavy atom. The van der Waals surface area contributed by atoms with Crippen LogP contribution in [0, 0.1) is 5.82 Å². The molecule has 0 spiro atoms. The van der Waals surface area contributed by atoms with E-state index in [2.05, 4.69) is 15.3 Å². The highest BCUT2D eigenvalue weighted by Gasteiger charge is 2.06. The monoisotopic (exact) mass is 257 g/mol. The predicted molar refractivity (Wildman–Crippen MR) is 61.7 cm³/mol. The zero-order valence-corrected chi connectivity index (χ0v) is 9.43. The van der Waals surface area contributed by atoms with Crippen molar-refractivity contribution in [2.75, 3.05) is 5.32 Å². The maximum absolute atomic E-state index is 13.5. The van der Waals surface area contributed by atoms with Crippen molar-refractivity contribution in [1.29, 1.82) is 0 Å². The van der Waals surface area contributed by atoms with Crippen LogP contribution in [0.2, 0.25) is 10.3 Å². The number of hydrogen-bond acceptors (Lipinski definition) is 3. The molecule has 6 heteroatoms. The van der Waals surface area contributed by atoms with Crippen molar-refractivity contribution in [3.05, 3.63) is 46.6 Å². The zero-order chi connectivity index (χ0) is 11.5. The van der Waals surface area contributed by atoms with Crippen LogP contribution in [0.15, 0.2) is 30.5 Å². The number of aromatic nitrogens is 2. The Kier molecular flexibility index (Phi) is 3.22. The van der Waals surface area contributed by atoms with Gasteiger partial charge in [0, 0.05) is 6.20 Å². The lowest BCUT2D eigenvalue weighted by Crippen LogP contribution is -1.97. The highest BCUT2D eigenvalue weighted by atomic mass is 35.5. The minimum atomic E-state index is -0.529. The van der Waals surface area contributed by atoms with E-state index < -0.39 is 5.82 Å². The van der Waals surface area contributed by atoms with Crippen molar-refractivity contribution in [2.45, 2.75) is 0 Å². The van der Waals surface area contributed by atoms with Crippen LogP contribution in [0.5, 0.6) is 0 Å². The van der Waals surface area contributed by atoms with E-state index in [1.807, 2.05) is 0 Å². The van der Waals surface area contributed by atoms with E-state index in [1.54, 1.807) is 18.2 Å². The Balaban J connectivity index is 2.31. The smallest absolute Gasteiger partial charge is 0.224 e. The summed E-state index contributed by atoms with van der Waals surface area (Å²) in [5, 5.41) is 2.90. The van der Waals surface area contributed by atoms with Crippen LogP contribution in [0.25, 0.3) is 0 Å². The lowest BCUT2D eigenvalue weighted by molar-refractivity contribution is 0.632. The third-order valence-electron chi connectivity index (χ3n) is 1.84. The SMILES string of the molecule is Fc1c(Cl)cccc1Nc1ccnc(Cl)n1. The Labute approximate surface area is 101 Å². The summed E-state index contributed by atoms with van der Waals surface area (Å²) in [6.45, 7) is 0. The first kappa shape index (κ1) is 11.1. The molecule has 3 nitrogen and oxygen atoms in total. The fourth-order valence-electron chi connectivity index (χ4n) is 1.14. The van der Waals surface area contributed by atoms with Gasteiger partial charge in [0.2, 0.25) is 5.28 Å². The molecule has 0 aliphatic heterocycles. The topological polar surface area (TPSA) is 37.8 Å². The van der Waals surface area contributed by atoms with Gasteiger partial charge in [-0.2, -0.15) is 0 Å². The molecule has 2 aromatic rings. The van der Waals surface area contributed by atoms with Crippen molar-refractivity contribution in [2.24, 2.45) is 0 Å². The van der Waals surface area contributed by atoms with E-state index >= 15 is 0 Å². The molecule has 0 aliphatic rings. The minimum absolute atomic E-state index is 0.0464. The molecule has 0 atom stereocenters. The molecule has 2 rings (SSSR count). The van der Waals surface area contributed by atoms with Gasteiger partial charge in [-0.15, -0.1) is 0 Å². The predicted octanol–water partition coefficient (Wildman–Crippen LogP) is 3.67. The number of anilines is 2. The Bertz CT molecular complexity index is 519. The van der Waals surface area contributed by atoms with Gasteiger partial charge in [-0.25, -0.2) is 14.4 Å². The molecule has 0 saturated heterocycles. The molecular formula is C10H6Cl2FN3. The van der Waals surface area contributed by atoms with E-state index in [1.165, 1.54) is 12.3 Å². The van der Waals surface area contributed by atoms with Gasteiger partial charge in [0.05, 0.1) is 10.7 Å². The average Bonchev–Trinajstić information content (AvgIpc) is 2.25. The summed E-state index contributed by atoms with van der Waals surface area (Å²) in [6, 6.07) is 6.23. The van der Waals surface area contributed by atoms with E-state index in [0.717, 1.165) is 0 Å². The molecule has 0 saturated carbocycles. The second kappa shape index (κ2) is 4.63. The standard InChI is InChI=1S/C10H6Cl2FN3/c11-6-2-1-3-7(9(6)13)15-8-4-5-14-10(12)16-8/h1-5H,(H,14,15,16). The number of hydrogen-bond donors (Lipinski definition) is 1. The molecule has 82 valence electrons. The molecule has 0 fully saturated rings. The third-order valence-corrected chi connectivity index (χ3v) is 2.31. The number of benzene rings is 1. The molecule has 16 heavy (non-hydrogen) atoms. The number of rotatable bonds is 2. The first-order valence-corrected chi connectivity index (χ1v) is 5.12. The molecule has 1 N–H and O–H groups in total. The third kappa shape index (κ3) is 2.40. The molecule has 1 aromatic carbocycles. The highest BCUT2D eigenvalue weighted by Crippen LogP contribution is 2.24. The molecule has 1 heterocycles. The van der Waals surface area contributed by atoms with Crippen LogP contribution >= 0.6 is 23.2 Å². The Morgan fingerprint density at radius 2 is 2.00 bits per heavy atom. The van der Waals surface area contributed by atoms with Gasteiger partial charge in [-0.1, -0.05) is 17.7 Å². The van der Waals surface area contributed by atoms with Crippen molar-refractivity contribution in [1.82, 2.24) is 9.97 Å². The van der Waals surface area contributed by atoms with Gasteiger partial charge in [0.25, 0.3) is 0 Å². The highest BCUT2D eigenvalue weighted by molar-refractivity contribution is 6.31. The van der Waals surface area contributed by atoms with E-state index in [0.29, 0.717) is 5.82 Å². The van der Waals surface area contributed by atoms with Crippen LogP contribution in [-0.4, -0.2) is 9.97 Å². The van der Waals surface area contributed by atoms with E-state index in [9.17, 15) is 4.39 Å². The summed E-state index contributed by atoms with van der Waals surface area (Å²) in [6.07, 6.45) is 1.47. The van der Waals surface area contributed by atoms with E-state index in [-0.39, 0.29) is 16.0 Å². The van der Waals surface area contributed by atoms with Crippen molar-refractivity contribution in [3.8, 4) is 0 Å². The quantitative estimate of drug-likeness (QED) is 0.835. The van der Waals surface area contributed by atoms with E-state index in [4.69, 9.17) is 23.2 Å². The lowest BCUT2D eigenvalue weighted by Gasteiger charge is -2.07. The van der Waals surface area contributed by atoms with Gasteiger partial charge in [0.15, 0.2) is 5.82 Å². The van der Waals surface area contributed by atoms with Crippen LogP contribution in [0.3, 0.4) is 0 Å². The molecule has 0 radical (unpaired) electrons. The van der Waals surface area contributed by atoms with Crippen LogP contribution in [0.1, 0.15) is 0 Å². The summed E-state index contributed by atoms with van der Waals surface area (Å²) in [4.78, 5) is 7.59. The van der Waals surface area contributed by atoms with Crippen molar-refractivity contribution < 1.29 is 4.39 Å². The van der Waals surface area contributed by atoms with Gasteiger partial charge in [-0.05, 0) is 29.8 Å². The maximum Gasteiger partial charge on any atom is 0.224 e. The molecule has 0 unspecified atom stereocenters. The summed E-state index contributed by atoms with van der Waals surface area (Å²) < 4.78 is 13.5. The largest absolute Gasteiger partial charge is 0.338 e. The van der Waals surface area contributed by atoms with Crippen molar-refractivity contribution >= 4 is 34.7 Å². The molecular weight excluding hydrogens is 252 g/mol. The second-order valence-electron chi connectivity index (χ2n) is 2.94. The first-order chi connectivity index (χ1) is 7.66. The van der Waals surface area contributed by atoms with Gasteiger partial charge >= 0.3 is 0 Å². The molecule has 0 aliphatic carbocycles. The first-order valence-electron chi connectivity index (χ1n) is 4.36. The number of halogens is 3. The number of nitrogens with zero attached hydrogens (tertiary/aromatic N) is 2. The molecule has 0 bridgehead atoms. The zero-order valence-electron chi connectivity index (χ0n) is 7.92. The minimum Gasteiger partial charge on any atom is -0.338 e. The lowest BCUT2D eigenvalue weighted by atomic mass is 10.3. The summed E-state index contributed by atoms with van der Waals surface area (Å²) in [7, 11) is 0. The van der Waals surface area contributed by atoms with Gasteiger partial charge < -0.3 is 5.32 Å². The maximum atomic E-state index is 13.5. The Hall–Kier alpha value is -1.39. The van der Waals surface area contributed by atoms with Crippen LogP contribution in [0.4, 0.5) is 15.9 Å². The summed E-state index contributed by atoms with van der Waals surface area (Å²) >= 11 is 11.2. The molecule has 1 aromatic heterocycles. The summed E-state index contributed by atoms with van der Waals surface area (Å²) in [5.74, 6) is -0.125. The van der Waals surface area contributed by atoms with Crippen LogP contribution in [-0.2, 0) is 0 Å². The second-order valence-corrected chi connectivity index (χ2v) is 3.68. The summed E-state index contributed by atoms with van der Waals surface area (Å²) in [5.41, 5.74) is 0.238. The fraction of sp³-hybridized carbons (Fsp3) is 0. The van der Waals surface area contributed by atoms with Gasteiger partial charge in [0.1, 0.15) is 5.82 Å². The van der Waals surface area contributed by atoms with Gasteiger partial charge in [-0.3, -0.25) is 0 Å². The number of nitrogens with one attached hydrogen (secondary N) is 1. The average molecular weight is 258 g/mol. The van der Waals surface area contributed by atoms with Crippen LogP contribution < -0.4 is 5.32 Å². The molecule has 0 amide bonds. The fourth-order valence-corrected chi connectivity index (χ4v) is 1.46.